The number of hydrogen-bond donors (Lipinski definition) is 0. The van der Waals surface area contributed by atoms with E-state index >= 15 is 0 Å². The fourth-order valence-corrected chi connectivity index (χ4v) is 3.18. The first-order valence-electron chi connectivity index (χ1n) is 8.33. The minimum atomic E-state index is -6.11. The van der Waals surface area contributed by atoms with Crippen molar-refractivity contribution in [2.24, 2.45) is 0 Å². The van der Waals surface area contributed by atoms with E-state index < -0.39 is 68.3 Å². The molecule has 1 aromatic carbocycles. The number of methoxy groups -OCH3 is 1. The van der Waals surface area contributed by atoms with Crippen molar-refractivity contribution in [2.45, 2.75) is 44.5 Å². The van der Waals surface area contributed by atoms with Crippen molar-refractivity contribution in [3.05, 3.63) is 46.5 Å². The summed E-state index contributed by atoms with van der Waals surface area (Å²) in [5, 5.41) is 0. The summed E-state index contributed by atoms with van der Waals surface area (Å²) >= 11 is 0. The van der Waals surface area contributed by atoms with Gasteiger partial charge in [0.05, 0.1) is 12.7 Å². The summed E-state index contributed by atoms with van der Waals surface area (Å²) in [6, 6.07) is 0.922. The summed E-state index contributed by atoms with van der Waals surface area (Å²) in [6.45, 7) is 4.00. The minimum Gasteiger partial charge on any atom is -0.466 e. The van der Waals surface area contributed by atoms with Gasteiger partial charge in [0, 0.05) is 12.5 Å². The average molecular weight is 448 g/mol. The van der Waals surface area contributed by atoms with Crippen molar-refractivity contribution in [3.8, 4) is 0 Å². The van der Waals surface area contributed by atoms with Gasteiger partial charge in [0.2, 0.25) is 0 Å². The van der Waals surface area contributed by atoms with Gasteiger partial charge in [-0.2, -0.15) is 21.6 Å². The van der Waals surface area contributed by atoms with Crippen molar-refractivity contribution in [1.82, 2.24) is 0 Å². The predicted octanol–water partition coefficient (Wildman–Crippen LogP) is 4.69. The van der Waals surface area contributed by atoms with E-state index in [1.807, 2.05) is 13.8 Å². The van der Waals surface area contributed by atoms with Gasteiger partial charge in [-0.3, -0.25) is 0 Å². The predicted molar refractivity (Wildman–Crippen MR) is 89.4 cm³/mol. The highest BCUT2D eigenvalue weighted by atomic mass is 32.2. The third kappa shape index (κ3) is 5.64. The van der Waals surface area contributed by atoms with Crippen LogP contribution in [0.15, 0.2) is 23.5 Å². The Morgan fingerprint density at radius 1 is 1.14 bits per heavy atom. The number of esters is 1. The third-order valence-electron chi connectivity index (χ3n) is 3.90. The molecule has 0 aromatic heterocycles. The van der Waals surface area contributed by atoms with E-state index in [-0.39, 0.29) is 18.9 Å². The number of halogens is 6. The lowest BCUT2D eigenvalue weighted by atomic mass is 9.83. The van der Waals surface area contributed by atoms with Gasteiger partial charge >= 0.3 is 21.6 Å². The Kier molecular flexibility index (Phi) is 8.13. The third-order valence-corrected chi connectivity index (χ3v) is 4.89. The summed E-state index contributed by atoms with van der Waals surface area (Å²) in [5.41, 5.74) is -6.77. The first-order chi connectivity index (χ1) is 13.4. The Labute approximate surface area is 163 Å². The molecule has 2 rings (SSSR count). The fraction of sp³-hybridized carbons (Fsp3) is 0.471. The number of carbonyl (C=O) groups is 1. The van der Waals surface area contributed by atoms with Gasteiger partial charge in [-0.1, -0.05) is 13.8 Å². The van der Waals surface area contributed by atoms with Gasteiger partial charge in [0.15, 0.2) is 11.6 Å². The largest absolute Gasteiger partial charge is 0.534 e. The van der Waals surface area contributed by atoms with E-state index in [2.05, 4.69) is 8.92 Å². The van der Waals surface area contributed by atoms with Crippen molar-refractivity contribution < 1.29 is 48.5 Å². The second kappa shape index (κ2) is 9.51. The van der Waals surface area contributed by atoms with Crippen LogP contribution in [0.5, 0.6) is 0 Å². The smallest absolute Gasteiger partial charge is 0.466 e. The van der Waals surface area contributed by atoms with Crippen LogP contribution >= 0.6 is 0 Å². The summed E-state index contributed by atoms with van der Waals surface area (Å²) in [6.07, 6.45) is -1.17. The van der Waals surface area contributed by atoms with Crippen LogP contribution in [-0.4, -0.2) is 27.0 Å². The summed E-state index contributed by atoms with van der Waals surface area (Å²) in [7, 11) is -5.20. The molecule has 0 amide bonds. The Hall–Kier alpha value is -2.24. The lowest BCUT2D eigenvalue weighted by Crippen LogP contribution is -2.28. The number of alkyl halides is 3. The molecule has 1 atom stereocenters. The minimum absolute atomic E-state index is 0.108. The molecule has 0 saturated heterocycles. The molecule has 0 heterocycles. The van der Waals surface area contributed by atoms with Crippen LogP contribution in [0, 0.1) is 17.5 Å². The molecule has 0 spiro atoms. The Bertz CT molecular complexity index is 892. The first kappa shape index (κ1) is 24.8. The Morgan fingerprint density at radius 3 is 2.24 bits per heavy atom. The van der Waals surface area contributed by atoms with Gasteiger partial charge in [0.25, 0.3) is 0 Å². The van der Waals surface area contributed by atoms with Gasteiger partial charge in [0.1, 0.15) is 11.6 Å². The highest BCUT2D eigenvalue weighted by Gasteiger charge is 2.49. The summed E-state index contributed by atoms with van der Waals surface area (Å²) in [5.74, 6) is -7.25. The van der Waals surface area contributed by atoms with Crippen molar-refractivity contribution in [2.75, 3.05) is 7.11 Å². The maximum atomic E-state index is 14.0. The quantitative estimate of drug-likeness (QED) is 0.220. The van der Waals surface area contributed by atoms with Crippen LogP contribution in [-0.2, 0) is 23.8 Å². The molecule has 1 aliphatic carbocycles. The van der Waals surface area contributed by atoms with E-state index in [0.717, 1.165) is 7.11 Å². The van der Waals surface area contributed by atoms with Crippen molar-refractivity contribution in [3.63, 3.8) is 0 Å². The summed E-state index contributed by atoms with van der Waals surface area (Å²) in [4.78, 5) is 11.7. The van der Waals surface area contributed by atoms with Crippen LogP contribution in [0.4, 0.5) is 26.3 Å². The van der Waals surface area contributed by atoms with E-state index in [0.29, 0.717) is 6.07 Å². The Balaban J connectivity index is 0.00000204. The zero-order valence-corrected chi connectivity index (χ0v) is 16.4. The topological polar surface area (TPSA) is 69.7 Å². The number of ether oxygens (including phenoxy) is 1. The standard InChI is InChI=1S/C15H12F6O5S.C2H6/c1-25-14(22)9-3-2-7(10-5-8(16)6-11(17)13(10)18)4-12(9)26-27(23,24)15(19,20)21;1-2/h5-7H,2-4H2,1H3;1-2H3. The molecule has 0 bridgehead atoms. The highest BCUT2D eigenvalue weighted by molar-refractivity contribution is 7.87. The molecule has 5 nitrogen and oxygen atoms in total. The van der Waals surface area contributed by atoms with Crippen LogP contribution < -0.4 is 0 Å². The Morgan fingerprint density at radius 2 is 1.72 bits per heavy atom. The number of hydrogen-bond acceptors (Lipinski definition) is 5. The molecule has 0 fully saturated rings. The molecule has 29 heavy (non-hydrogen) atoms. The lowest BCUT2D eigenvalue weighted by Gasteiger charge is -2.26. The van der Waals surface area contributed by atoms with Gasteiger partial charge in [-0.25, -0.2) is 18.0 Å². The molecule has 164 valence electrons. The number of rotatable bonds is 4. The fourth-order valence-electron chi connectivity index (χ4n) is 2.65. The number of benzene rings is 1. The monoisotopic (exact) mass is 448 g/mol. The normalized spacial score (nSPS) is 17.3. The molecular formula is C17H18F6O5S. The molecular weight excluding hydrogens is 430 g/mol. The maximum Gasteiger partial charge on any atom is 0.534 e. The molecule has 0 N–H and O–H groups in total. The molecule has 1 aliphatic rings. The number of carbonyl (C=O) groups excluding carboxylic acids is 1. The molecule has 1 unspecified atom stereocenters. The lowest BCUT2D eigenvalue weighted by molar-refractivity contribution is -0.136. The van der Waals surface area contributed by atoms with E-state index in [1.165, 1.54) is 0 Å². The van der Waals surface area contributed by atoms with Gasteiger partial charge in [-0.15, -0.1) is 0 Å². The molecule has 1 aromatic rings. The SMILES string of the molecule is CC.COC(=O)C1=C(OS(=O)(=O)C(F)(F)F)CC(c2cc(F)cc(F)c2F)CC1. The van der Waals surface area contributed by atoms with E-state index in [4.69, 9.17) is 0 Å². The number of allylic oxidation sites excluding steroid dienone is 1. The van der Waals surface area contributed by atoms with Crippen molar-refractivity contribution >= 4 is 16.1 Å². The second-order valence-electron chi connectivity index (χ2n) is 5.61. The van der Waals surface area contributed by atoms with Crippen LogP contribution in [0.25, 0.3) is 0 Å². The van der Waals surface area contributed by atoms with E-state index in [1.54, 1.807) is 0 Å². The van der Waals surface area contributed by atoms with Gasteiger partial charge < -0.3 is 8.92 Å². The van der Waals surface area contributed by atoms with Crippen LogP contribution in [0.3, 0.4) is 0 Å². The zero-order valence-electron chi connectivity index (χ0n) is 15.6. The van der Waals surface area contributed by atoms with Crippen LogP contribution in [0.1, 0.15) is 44.6 Å². The molecule has 0 radical (unpaired) electrons. The highest BCUT2D eigenvalue weighted by Crippen LogP contribution is 2.41. The zero-order chi connectivity index (χ0) is 22.6. The molecule has 12 heteroatoms. The van der Waals surface area contributed by atoms with E-state index in [9.17, 15) is 39.6 Å². The average Bonchev–Trinajstić information content (AvgIpc) is 2.64. The van der Waals surface area contributed by atoms with Crippen LogP contribution in [0.2, 0.25) is 0 Å². The summed E-state index contributed by atoms with van der Waals surface area (Å²) < 4.78 is 109. The maximum absolute atomic E-state index is 14.0. The molecule has 0 aliphatic heterocycles. The van der Waals surface area contributed by atoms with Crippen molar-refractivity contribution in [1.29, 1.82) is 0 Å². The second-order valence-corrected chi connectivity index (χ2v) is 7.14. The van der Waals surface area contributed by atoms with Gasteiger partial charge in [-0.05, 0) is 30.4 Å². The first-order valence-corrected chi connectivity index (χ1v) is 9.73. The molecule has 0 saturated carbocycles.